The number of halogens is 1. The van der Waals surface area contributed by atoms with Gasteiger partial charge in [-0.15, -0.1) is 12.4 Å². The minimum Gasteiger partial charge on any atom is -0.361 e. The van der Waals surface area contributed by atoms with Crippen molar-refractivity contribution < 1.29 is 9.59 Å². The average Bonchev–Trinajstić information content (AvgIpc) is 3.58. The number of nitrogens with two attached hydrogens (primary N) is 1. The van der Waals surface area contributed by atoms with E-state index in [1.165, 1.54) is 0 Å². The highest BCUT2D eigenvalue weighted by Crippen LogP contribution is 2.33. The number of aromatic nitrogens is 3. The van der Waals surface area contributed by atoms with Gasteiger partial charge in [-0.2, -0.15) is 0 Å². The predicted molar refractivity (Wildman–Crippen MR) is 174 cm³/mol. The minimum absolute atomic E-state index is 0. The Labute approximate surface area is 258 Å². The van der Waals surface area contributed by atoms with Crippen molar-refractivity contribution in [3.8, 4) is 11.4 Å². The number of benzene rings is 3. The zero-order valence-electron chi connectivity index (χ0n) is 24.6. The third-order valence-electron chi connectivity index (χ3n) is 8.12. The summed E-state index contributed by atoms with van der Waals surface area (Å²) in [5.74, 6) is 0.684. The molecule has 0 radical (unpaired) electrons. The number of piperidine rings is 1. The molecule has 0 aliphatic carbocycles. The molecule has 6 rings (SSSR count). The first-order valence-corrected chi connectivity index (χ1v) is 14.7. The van der Waals surface area contributed by atoms with E-state index in [1.54, 1.807) is 0 Å². The first-order valence-electron chi connectivity index (χ1n) is 14.7. The molecule has 0 spiro atoms. The highest BCUT2D eigenvalue weighted by atomic mass is 35.5. The second-order valence-corrected chi connectivity index (χ2v) is 12.1. The van der Waals surface area contributed by atoms with E-state index in [1.807, 2.05) is 73.5 Å². The number of fused-ring (bicyclic) bond motifs is 2. The number of aromatic amines is 1. The van der Waals surface area contributed by atoms with E-state index in [2.05, 4.69) is 45.2 Å². The number of nitrogens with zero attached hydrogens (tertiary/aromatic N) is 3. The summed E-state index contributed by atoms with van der Waals surface area (Å²) < 4.78 is 2.35. The van der Waals surface area contributed by atoms with Gasteiger partial charge >= 0.3 is 0 Å². The van der Waals surface area contributed by atoms with Gasteiger partial charge in [0, 0.05) is 60.2 Å². The van der Waals surface area contributed by atoms with Crippen molar-refractivity contribution in [2.75, 3.05) is 13.1 Å². The van der Waals surface area contributed by atoms with Crippen molar-refractivity contribution in [2.45, 2.75) is 57.2 Å². The second-order valence-electron chi connectivity index (χ2n) is 12.1. The van der Waals surface area contributed by atoms with Crippen LogP contribution in [-0.4, -0.2) is 55.9 Å². The Bertz CT molecular complexity index is 1710. The number of carbonyl (C=O) groups excluding carboxylic acids is 2. The molecule has 5 aromatic rings. The van der Waals surface area contributed by atoms with Gasteiger partial charge in [0.2, 0.25) is 11.8 Å². The van der Waals surface area contributed by atoms with Crippen LogP contribution in [0.4, 0.5) is 0 Å². The van der Waals surface area contributed by atoms with E-state index in [9.17, 15) is 9.59 Å². The lowest BCUT2D eigenvalue weighted by Crippen LogP contribution is -2.53. The topological polar surface area (TPSA) is 109 Å². The first-order chi connectivity index (χ1) is 20.3. The number of nitrogens with one attached hydrogen (secondary N) is 2. The Hall–Kier alpha value is -4.14. The Morgan fingerprint density at radius 1 is 1.00 bits per heavy atom. The molecule has 1 fully saturated rings. The molecule has 8 nitrogen and oxygen atoms in total. The molecule has 9 heteroatoms. The van der Waals surface area contributed by atoms with Crippen LogP contribution in [0.3, 0.4) is 0 Å². The summed E-state index contributed by atoms with van der Waals surface area (Å²) in [6.07, 6.45) is 4.09. The van der Waals surface area contributed by atoms with Crippen LogP contribution in [0.15, 0.2) is 85.1 Å². The van der Waals surface area contributed by atoms with Crippen LogP contribution in [0.1, 0.15) is 44.7 Å². The molecule has 43 heavy (non-hydrogen) atoms. The van der Waals surface area contributed by atoms with E-state index in [0.717, 1.165) is 51.7 Å². The molecule has 224 valence electrons. The van der Waals surface area contributed by atoms with Gasteiger partial charge < -0.3 is 25.5 Å². The molecule has 3 aromatic carbocycles. The zero-order chi connectivity index (χ0) is 29.3. The lowest BCUT2D eigenvalue weighted by molar-refractivity contribution is -0.137. The Morgan fingerprint density at radius 3 is 2.42 bits per heavy atom. The van der Waals surface area contributed by atoms with Gasteiger partial charge in [0.15, 0.2) is 0 Å². The van der Waals surface area contributed by atoms with Crippen molar-refractivity contribution in [2.24, 2.45) is 5.73 Å². The molecular formula is C34H39ClN6O2. The van der Waals surface area contributed by atoms with Crippen LogP contribution >= 0.6 is 12.4 Å². The van der Waals surface area contributed by atoms with Gasteiger partial charge in [0.25, 0.3) is 0 Å². The number of hydrogen-bond acceptors (Lipinski definition) is 4. The largest absolute Gasteiger partial charge is 0.361 e. The van der Waals surface area contributed by atoms with Gasteiger partial charge in [-0.3, -0.25) is 9.59 Å². The van der Waals surface area contributed by atoms with Crippen LogP contribution in [0, 0.1) is 0 Å². The van der Waals surface area contributed by atoms with Gasteiger partial charge in [-0.25, -0.2) is 4.98 Å². The summed E-state index contributed by atoms with van der Waals surface area (Å²) >= 11 is 0. The monoisotopic (exact) mass is 598 g/mol. The van der Waals surface area contributed by atoms with Gasteiger partial charge in [-0.05, 0) is 50.5 Å². The van der Waals surface area contributed by atoms with Crippen LogP contribution in [0.25, 0.3) is 33.3 Å². The number of carbonyl (C=O) groups is 2. The maximum absolute atomic E-state index is 14.0. The highest BCUT2D eigenvalue weighted by Gasteiger charge is 2.32. The minimum atomic E-state index is -0.676. The molecule has 4 N–H and O–H groups in total. The molecular weight excluding hydrogens is 560 g/mol. The fourth-order valence-corrected chi connectivity index (χ4v) is 6.15. The molecule has 3 heterocycles. The lowest BCUT2D eigenvalue weighted by atomic mass is 9.98. The standard InChI is InChI=1S/C34H38N6O2.ClH/c1-34(2,35)21-31(41)37-29(20-24-22-36-27-13-7-6-12-26(24)27)33(42)39-18-16-25(17-19-39)40-30-15-9-8-14-28(30)38-32(40)23-10-4-3-5-11-23;/h3-15,22,25,29,36H,16-21,35H2,1-2H3,(H,37,41);1H/t29-;/m1./s1. The van der Waals surface area contributed by atoms with Gasteiger partial charge in [0.05, 0.1) is 11.0 Å². The molecule has 2 amide bonds. The molecule has 0 bridgehead atoms. The summed E-state index contributed by atoms with van der Waals surface area (Å²) in [5.41, 5.74) is 10.6. The van der Waals surface area contributed by atoms with Gasteiger partial charge in [0.1, 0.15) is 11.9 Å². The predicted octanol–water partition coefficient (Wildman–Crippen LogP) is 5.62. The van der Waals surface area contributed by atoms with Crippen LogP contribution in [0.5, 0.6) is 0 Å². The van der Waals surface area contributed by atoms with E-state index < -0.39 is 11.6 Å². The first kappa shape index (κ1) is 30.3. The number of imidazole rings is 1. The second kappa shape index (κ2) is 12.6. The lowest BCUT2D eigenvalue weighted by Gasteiger charge is -2.36. The van der Waals surface area contributed by atoms with Crippen molar-refractivity contribution in [3.05, 3.63) is 90.6 Å². The van der Waals surface area contributed by atoms with Gasteiger partial charge in [-0.1, -0.05) is 60.7 Å². The molecule has 0 unspecified atom stereocenters. The van der Waals surface area contributed by atoms with E-state index in [-0.39, 0.29) is 36.7 Å². The summed E-state index contributed by atoms with van der Waals surface area (Å²) in [6, 6.07) is 26.1. The Kier molecular flexibility index (Phi) is 8.89. The van der Waals surface area contributed by atoms with Crippen molar-refractivity contribution in [1.29, 1.82) is 0 Å². The number of hydrogen-bond donors (Lipinski definition) is 3. The summed E-state index contributed by atoms with van der Waals surface area (Å²) in [6.45, 7) is 4.84. The molecule has 1 atom stereocenters. The van der Waals surface area contributed by atoms with E-state index >= 15 is 0 Å². The normalized spacial score (nSPS) is 14.9. The van der Waals surface area contributed by atoms with E-state index in [0.29, 0.717) is 19.5 Å². The highest BCUT2D eigenvalue weighted by molar-refractivity contribution is 5.90. The fraction of sp³-hybridized carbons (Fsp3) is 0.324. The molecule has 2 aromatic heterocycles. The van der Waals surface area contributed by atoms with Crippen molar-refractivity contribution >= 4 is 46.2 Å². The van der Waals surface area contributed by atoms with Crippen LogP contribution in [0.2, 0.25) is 0 Å². The summed E-state index contributed by atoms with van der Waals surface area (Å²) in [5, 5.41) is 4.09. The molecule has 1 aliphatic rings. The molecule has 0 saturated carbocycles. The maximum Gasteiger partial charge on any atom is 0.245 e. The third-order valence-corrected chi connectivity index (χ3v) is 8.12. The SMILES string of the molecule is CC(C)(N)CC(=O)N[C@H](Cc1c[nH]c2ccccc12)C(=O)N1CCC(n2c(-c3ccccc3)nc3ccccc32)CC1.Cl. The molecule has 1 saturated heterocycles. The summed E-state index contributed by atoms with van der Waals surface area (Å²) in [4.78, 5) is 37.2. The maximum atomic E-state index is 14.0. The third kappa shape index (κ3) is 6.60. The van der Waals surface area contributed by atoms with Crippen LogP contribution in [-0.2, 0) is 16.0 Å². The average molecular weight is 599 g/mol. The quantitative estimate of drug-likeness (QED) is 0.215. The summed E-state index contributed by atoms with van der Waals surface area (Å²) in [7, 11) is 0. The number of rotatable bonds is 8. The molecule has 1 aliphatic heterocycles. The number of likely N-dealkylation sites (tertiary alicyclic amines) is 1. The Balaban J connectivity index is 0.00000368. The van der Waals surface area contributed by atoms with Crippen molar-refractivity contribution in [3.63, 3.8) is 0 Å². The zero-order valence-corrected chi connectivity index (χ0v) is 25.4. The number of H-pyrrole nitrogens is 1. The van der Waals surface area contributed by atoms with Crippen LogP contribution < -0.4 is 11.1 Å². The smallest absolute Gasteiger partial charge is 0.245 e. The number of amides is 2. The fourth-order valence-electron chi connectivity index (χ4n) is 6.15. The number of para-hydroxylation sites is 3. The van der Waals surface area contributed by atoms with Crippen molar-refractivity contribution in [1.82, 2.24) is 24.8 Å². The Morgan fingerprint density at radius 2 is 1.67 bits per heavy atom. The van der Waals surface area contributed by atoms with E-state index in [4.69, 9.17) is 10.7 Å².